The molecule has 1 atom stereocenters. The van der Waals surface area contributed by atoms with Gasteiger partial charge < -0.3 is 10.5 Å². The van der Waals surface area contributed by atoms with Gasteiger partial charge in [-0.3, -0.25) is 0 Å². The van der Waals surface area contributed by atoms with Crippen LogP contribution < -0.4 is 10.5 Å². The van der Waals surface area contributed by atoms with Crippen LogP contribution >= 0.6 is 0 Å². The second-order valence-electron chi connectivity index (χ2n) is 2.93. The summed E-state index contributed by atoms with van der Waals surface area (Å²) in [6, 6.07) is 7.95. The van der Waals surface area contributed by atoms with Crippen LogP contribution in [0.2, 0.25) is 0 Å². The molecule has 0 saturated heterocycles. The fourth-order valence-electron chi connectivity index (χ4n) is 0.954. The van der Waals surface area contributed by atoms with Gasteiger partial charge in [0.2, 0.25) is 0 Å². The van der Waals surface area contributed by atoms with Gasteiger partial charge in [-0.05, 0) is 25.5 Å². The molecule has 0 heterocycles. The summed E-state index contributed by atoms with van der Waals surface area (Å²) in [5, 5.41) is 0. The maximum atomic E-state index is 5.57. The number of benzene rings is 1. The molecule has 0 saturated carbocycles. The Morgan fingerprint density at radius 3 is 2.67 bits per heavy atom. The SMILES string of the molecule is Cc1ccccc1OC(C)CN. The van der Waals surface area contributed by atoms with Crippen molar-refractivity contribution in [3.63, 3.8) is 0 Å². The lowest BCUT2D eigenvalue weighted by Gasteiger charge is -2.13. The zero-order chi connectivity index (χ0) is 8.97. The molecule has 0 aliphatic rings. The van der Waals surface area contributed by atoms with E-state index in [2.05, 4.69) is 0 Å². The van der Waals surface area contributed by atoms with Gasteiger partial charge in [0, 0.05) is 6.54 Å². The van der Waals surface area contributed by atoms with Gasteiger partial charge in [0.1, 0.15) is 11.9 Å². The first-order valence-electron chi connectivity index (χ1n) is 4.16. The van der Waals surface area contributed by atoms with Crippen LogP contribution in [0.5, 0.6) is 5.75 Å². The second kappa shape index (κ2) is 4.12. The smallest absolute Gasteiger partial charge is 0.122 e. The van der Waals surface area contributed by atoms with E-state index in [4.69, 9.17) is 10.5 Å². The van der Waals surface area contributed by atoms with Gasteiger partial charge in [-0.25, -0.2) is 0 Å². The Hall–Kier alpha value is -1.02. The van der Waals surface area contributed by atoms with E-state index >= 15 is 0 Å². The van der Waals surface area contributed by atoms with Gasteiger partial charge in [-0.2, -0.15) is 0 Å². The van der Waals surface area contributed by atoms with Crippen LogP contribution in [0.15, 0.2) is 24.3 Å². The van der Waals surface area contributed by atoms with Crippen molar-refractivity contribution in [1.82, 2.24) is 0 Å². The third kappa shape index (κ3) is 2.24. The number of hydrogen-bond donors (Lipinski definition) is 1. The molecule has 1 unspecified atom stereocenters. The monoisotopic (exact) mass is 165 g/mol. The Kier molecular flexibility index (Phi) is 3.11. The van der Waals surface area contributed by atoms with E-state index in [0.29, 0.717) is 6.54 Å². The van der Waals surface area contributed by atoms with Crippen molar-refractivity contribution in [2.75, 3.05) is 6.54 Å². The molecule has 0 bridgehead atoms. The maximum absolute atomic E-state index is 5.57. The third-order valence-electron chi connectivity index (χ3n) is 1.75. The highest BCUT2D eigenvalue weighted by molar-refractivity contribution is 5.31. The Morgan fingerprint density at radius 1 is 1.42 bits per heavy atom. The summed E-state index contributed by atoms with van der Waals surface area (Å²) in [6.07, 6.45) is 0.0890. The lowest BCUT2D eigenvalue weighted by Crippen LogP contribution is -2.23. The first-order valence-corrected chi connectivity index (χ1v) is 4.16. The minimum atomic E-state index is 0.0890. The fourth-order valence-corrected chi connectivity index (χ4v) is 0.954. The highest BCUT2D eigenvalue weighted by Gasteiger charge is 2.02. The Labute approximate surface area is 73.3 Å². The van der Waals surface area contributed by atoms with E-state index in [1.54, 1.807) is 0 Å². The number of hydrogen-bond acceptors (Lipinski definition) is 2. The van der Waals surface area contributed by atoms with E-state index in [1.165, 1.54) is 0 Å². The molecule has 1 aromatic rings. The molecule has 0 amide bonds. The fraction of sp³-hybridized carbons (Fsp3) is 0.400. The highest BCUT2D eigenvalue weighted by Crippen LogP contribution is 2.17. The average Bonchev–Trinajstić information content (AvgIpc) is 2.09. The largest absolute Gasteiger partial charge is 0.489 e. The standard InChI is InChI=1S/C10H15NO/c1-8-5-3-4-6-10(8)12-9(2)7-11/h3-6,9H,7,11H2,1-2H3. The van der Waals surface area contributed by atoms with Crippen molar-refractivity contribution in [1.29, 1.82) is 0 Å². The number of para-hydroxylation sites is 1. The summed E-state index contributed by atoms with van der Waals surface area (Å²) < 4.78 is 5.57. The molecule has 12 heavy (non-hydrogen) atoms. The first-order chi connectivity index (χ1) is 5.74. The van der Waals surface area contributed by atoms with Crippen LogP contribution in [0.1, 0.15) is 12.5 Å². The van der Waals surface area contributed by atoms with Crippen molar-refractivity contribution in [3.05, 3.63) is 29.8 Å². The quantitative estimate of drug-likeness (QED) is 0.740. The zero-order valence-electron chi connectivity index (χ0n) is 7.58. The van der Waals surface area contributed by atoms with Crippen molar-refractivity contribution < 1.29 is 4.74 Å². The van der Waals surface area contributed by atoms with E-state index in [0.717, 1.165) is 11.3 Å². The average molecular weight is 165 g/mol. The minimum absolute atomic E-state index is 0.0890. The molecule has 0 radical (unpaired) electrons. The van der Waals surface area contributed by atoms with E-state index in [1.807, 2.05) is 38.1 Å². The molecule has 0 aromatic heterocycles. The zero-order valence-corrected chi connectivity index (χ0v) is 7.58. The van der Waals surface area contributed by atoms with Crippen molar-refractivity contribution in [3.8, 4) is 5.75 Å². The molecular formula is C10H15NO. The Balaban J connectivity index is 2.69. The van der Waals surface area contributed by atoms with Crippen molar-refractivity contribution in [2.24, 2.45) is 5.73 Å². The minimum Gasteiger partial charge on any atom is -0.489 e. The third-order valence-corrected chi connectivity index (χ3v) is 1.75. The molecule has 1 aromatic carbocycles. The number of rotatable bonds is 3. The molecule has 66 valence electrons. The molecule has 0 aliphatic heterocycles. The lowest BCUT2D eigenvalue weighted by atomic mass is 10.2. The van der Waals surface area contributed by atoms with E-state index < -0.39 is 0 Å². The topological polar surface area (TPSA) is 35.2 Å². The molecule has 2 N–H and O–H groups in total. The Bertz CT molecular complexity index is 247. The predicted octanol–water partition coefficient (Wildman–Crippen LogP) is 1.72. The van der Waals surface area contributed by atoms with E-state index in [-0.39, 0.29) is 6.10 Å². The van der Waals surface area contributed by atoms with Crippen LogP contribution in [0.3, 0.4) is 0 Å². The number of aryl methyl sites for hydroxylation is 1. The summed E-state index contributed by atoms with van der Waals surface area (Å²) >= 11 is 0. The van der Waals surface area contributed by atoms with Crippen molar-refractivity contribution >= 4 is 0 Å². The summed E-state index contributed by atoms with van der Waals surface area (Å²) in [7, 11) is 0. The molecule has 0 aliphatic carbocycles. The molecule has 0 spiro atoms. The summed E-state index contributed by atoms with van der Waals surface area (Å²) in [5.41, 5.74) is 6.60. The second-order valence-corrected chi connectivity index (χ2v) is 2.93. The van der Waals surface area contributed by atoms with Crippen LogP contribution in [0.4, 0.5) is 0 Å². The van der Waals surface area contributed by atoms with Gasteiger partial charge in [0.15, 0.2) is 0 Å². The highest BCUT2D eigenvalue weighted by atomic mass is 16.5. The van der Waals surface area contributed by atoms with Gasteiger partial charge in [0.25, 0.3) is 0 Å². The summed E-state index contributed by atoms with van der Waals surface area (Å²) in [6.45, 7) is 4.54. The van der Waals surface area contributed by atoms with Gasteiger partial charge >= 0.3 is 0 Å². The molecular weight excluding hydrogens is 150 g/mol. The predicted molar refractivity (Wildman–Crippen MR) is 50.3 cm³/mol. The lowest BCUT2D eigenvalue weighted by molar-refractivity contribution is 0.228. The number of nitrogens with two attached hydrogens (primary N) is 1. The number of ether oxygens (including phenoxy) is 1. The van der Waals surface area contributed by atoms with E-state index in [9.17, 15) is 0 Å². The Morgan fingerprint density at radius 2 is 2.08 bits per heavy atom. The van der Waals surface area contributed by atoms with Crippen molar-refractivity contribution in [2.45, 2.75) is 20.0 Å². The molecule has 2 nitrogen and oxygen atoms in total. The maximum Gasteiger partial charge on any atom is 0.122 e. The molecule has 2 heteroatoms. The van der Waals surface area contributed by atoms with Gasteiger partial charge in [-0.15, -0.1) is 0 Å². The normalized spacial score (nSPS) is 12.6. The van der Waals surface area contributed by atoms with Crippen LogP contribution in [0, 0.1) is 6.92 Å². The van der Waals surface area contributed by atoms with Gasteiger partial charge in [0.05, 0.1) is 0 Å². The summed E-state index contributed by atoms with van der Waals surface area (Å²) in [4.78, 5) is 0. The van der Waals surface area contributed by atoms with Gasteiger partial charge in [-0.1, -0.05) is 18.2 Å². The van der Waals surface area contributed by atoms with Crippen LogP contribution in [-0.4, -0.2) is 12.6 Å². The van der Waals surface area contributed by atoms with Crippen LogP contribution in [-0.2, 0) is 0 Å². The molecule has 1 rings (SSSR count). The summed E-state index contributed by atoms with van der Waals surface area (Å²) in [5.74, 6) is 0.926. The first kappa shape index (κ1) is 9.07. The van der Waals surface area contributed by atoms with Crippen LogP contribution in [0.25, 0.3) is 0 Å². The molecule has 0 fully saturated rings.